The van der Waals surface area contributed by atoms with Gasteiger partial charge in [0.2, 0.25) is 0 Å². The van der Waals surface area contributed by atoms with Gasteiger partial charge >= 0.3 is 0 Å². The molecule has 2 rings (SSSR count). The zero-order valence-electron chi connectivity index (χ0n) is 14.9. The predicted octanol–water partition coefficient (Wildman–Crippen LogP) is 2.56. The summed E-state index contributed by atoms with van der Waals surface area (Å²) in [5, 5.41) is 20.1. The second-order valence-electron chi connectivity index (χ2n) is 7.38. The second kappa shape index (κ2) is 6.07. The van der Waals surface area contributed by atoms with Crippen molar-refractivity contribution in [1.29, 1.82) is 0 Å². The van der Waals surface area contributed by atoms with E-state index >= 15 is 0 Å². The third-order valence-corrected chi connectivity index (χ3v) is 4.94. The first-order chi connectivity index (χ1) is 10.6. The van der Waals surface area contributed by atoms with Crippen LogP contribution in [0.3, 0.4) is 0 Å². The minimum Gasteiger partial charge on any atom is -0.392 e. The molecule has 1 heterocycles. The van der Waals surface area contributed by atoms with Crippen LogP contribution in [-0.2, 0) is 9.47 Å². The summed E-state index contributed by atoms with van der Waals surface area (Å²) in [7, 11) is 0. The normalized spacial score (nSPS) is 35.7. The highest BCUT2D eigenvalue weighted by Gasteiger charge is 2.56. The molecule has 0 amide bonds. The Bertz CT molecular complexity index is 580. The van der Waals surface area contributed by atoms with Crippen molar-refractivity contribution >= 4 is 0 Å². The third-order valence-electron chi connectivity index (χ3n) is 4.94. The zero-order chi connectivity index (χ0) is 17.5. The summed E-state index contributed by atoms with van der Waals surface area (Å²) in [4.78, 5) is 0. The highest BCUT2D eigenvalue weighted by molar-refractivity contribution is 5.42. The summed E-state index contributed by atoms with van der Waals surface area (Å²) in [6.45, 7) is 11.6. The van der Waals surface area contributed by atoms with Gasteiger partial charge in [0.05, 0.1) is 18.8 Å². The van der Waals surface area contributed by atoms with E-state index in [4.69, 9.17) is 14.6 Å². The standard InChI is InChI=1S/C19H28O4/c1-13(8-10-20)7-9-19(21)14(2)11-18(12-17(19,5)6)22-15(3)16(4)23-18/h8,11,15-16,20-21H,10,12H2,1-6H3/b13-8-/t15-,16-,19+/m0/s1. The molecule has 2 N–H and O–H groups in total. The van der Waals surface area contributed by atoms with Gasteiger partial charge in [0.1, 0.15) is 0 Å². The molecule has 3 atom stereocenters. The topological polar surface area (TPSA) is 58.9 Å². The Balaban J connectivity index is 2.42. The van der Waals surface area contributed by atoms with Crippen LogP contribution >= 0.6 is 0 Å². The summed E-state index contributed by atoms with van der Waals surface area (Å²) in [6, 6.07) is 0. The van der Waals surface area contributed by atoms with Crippen LogP contribution in [0.1, 0.15) is 48.0 Å². The molecule has 4 heteroatoms. The maximum absolute atomic E-state index is 11.2. The van der Waals surface area contributed by atoms with Crippen LogP contribution in [0, 0.1) is 17.3 Å². The number of hydrogen-bond donors (Lipinski definition) is 2. The Hall–Kier alpha value is -1.12. The van der Waals surface area contributed by atoms with E-state index in [1.54, 1.807) is 6.08 Å². The first-order valence-electron chi connectivity index (χ1n) is 8.14. The van der Waals surface area contributed by atoms with Crippen molar-refractivity contribution in [3.8, 4) is 11.8 Å². The lowest BCUT2D eigenvalue weighted by Crippen LogP contribution is -2.53. The molecule has 0 bridgehead atoms. The summed E-state index contributed by atoms with van der Waals surface area (Å²) in [5.74, 6) is 5.17. The van der Waals surface area contributed by atoms with Gasteiger partial charge in [-0.1, -0.05) is 25.7 Å². The SMILES string of the molecule is CC1=CC2(CC(C)(C)[C@@]1(O)C#C/C(C)=C\CO)O[C@@H](C)[C@H](C)O2. The number of aliphatic hydroxyl groups excluding tert-OH is 1. The van der Waals surface area contributed by atoms with Crippen LogP contribution in [-0.4, -0.2) is 40.4 Å². The van der Waals surface area contributed by atoms with Gasteiger partial charge in [-0.2, -0.15) is 0 Å². The largest absolute Gasteiger partial charge is 0.392 e. The highest BCUT2D eigenvalue weighted by atomic mass is 16.8. The predicted molar refractivity (Wildman–Crippen MR) is 89.5 cm³/mol. The minimum absolute atomic E-state index is 0.0156. The molecular formula is C19H28O4. The van der Waals surface area contributed by atoms with Crippen LogP contribution in [0.4, 0.5) is 0 Å². The minimum atomic E-state index is -1.26. The van der Waals surface area contributed by atoms with Gasteiger partial charge in [-0.15, -0.1) is 0 Å². The van der Waals surface area contributed by atoms with E-state index in [2.05, 4.69) is 11.8 Å². The highest BCUT2D eigenvalue weighted by Crippen LogP contribution is 2.51. The van der Waals surface area contributed by atoms with Gasteiger partial charge in [-0.3, -0.25) is 0 Å². The molecule has 0 aromatic heterocycles. The molecule has 0 saturated carbocycles. The van der Waals surface area contributed by atoms with Crippen molar-refractivity contribution in [3.63, 3.8) is 0 Å². The van der Waals surface area contributed by atoms with Gasteiger partial charge in [0.25, 0.3) is 0 Å². The Morgan fingerprint density at radius 2 is 1.91 bits per heavy atom. The molecule has 1 spiro atoms. The summed E-state index contributed by atoms with van der Waals surface area (Å²) in [5.41, 5.74) is -0.327. The molecule has 2 aliphatic rings. The maximum atomic E-state index is 11.2. The first-order valence-corrected chi connectivity index (χ1v) is 8.14. The molecule has 0 radical (unpaired) electrons. The fourth-order valence-electron chi connectivity index (χ4n) is 3.41. The van der Waals surface area contributed by atoms with Crippen molar-refractivity contribution in [1.82, 2.24) is 0 Å². The van der Waals surface area contributed by atoms with Crippen molar-refractivity contribution in [2.45, 2.75) is 71.6 Å². The van der Waals surface area contributed by atoms with Gasteiger partial charge < -0.3 is 19.7 Å². The van der Waals surface area contributed by atoms with E-state index in [1.807, 2.05) is 47.6 Å². The molecule has 0 aromatic carbocycles. The summed E-state index contributed by atoms with van der Waals surface area (Å²) in [6.07, 6.45) is 4.06. The maximum Gasteiger partial charge on any atom is 0.189 e. The Labute approximate surface area is 139 Å². The Morgan fingerprint density at radius 3 is 2.39 bits per heavy atom. The summed E-state index contributed by atoms with van der Waals surface area (Å²) < 4.78 is 12.1. The lowest BCUT2D eigenvalue weighted by molar-refractivity contribution is -0.182. The third kappa shape index (κ3) is 3.25. The van der Waals surface area contributed by atoms with Gasteiger partial charge in [-0.25, -0.2) is 0 Å². The molecule has 0 aromatic rings. The molecule has 4 nitrogen and oxygen atoms in total. The smallest absolute Gasteiger partial charge is 0.189 e. The number of rotatable bonds is 1. The van der Waals surface area contributed by atoms with Crippen LogP contribution in [0.5, 0.6) is 0 Å². The number of ether oxygens (including phenoxy) is 2. The molecule has 1 aliphatic carbocycles. The van der Waals surface area contributed by atoms with E-state index in [0.717, 1.165) is 11.1 Å². The molecule has 1 aliphatic heterocycles. The van der Waals surface area contributed by atoms with Crippen LogP contribution < -0.4 is 0 Å². The van der Waals surface area contributed by atoms with Gasteiger partial charge in [0.15, 0.2) is 11.4 Å². The van der Waals surface area contributed by atoms with E-state index in [0.29, 0.717) is 6.42 Å². The molecule has 1 fully saturated rings. The van der Waals surface area contributed by atoms with Crippen LogP contribution in [0.2, 0.25) is 0 Å². The average Bonchev–Trinajstić information content (AvgIpc) is 2.68. The zero-order valence-corrected chi connectivity index (χ0v) is 14.9. The fraction of sp³-hybridized carbons (Fsp3) is 0.684. The van der Waals surface area contributed by atoms with E-state index in [9.17, 15) is 5.11 Å². The second-order valence-corrected chi connectivity index (χ2v) is 7.38. The van der Waals surface area contributed by atoms with Crippen molar-refractivity contribution in [2.75, 3.05) is 6.61 Å². The van der Waals surface area contributed by atoms with E-state index in [-0.39, 0.29) is 18.8 Å². The first kappa shape index (κ1) is 18.2. The fourth-order valence-corrected chi connectivity index (χ4v) is 3.41. The van der Waals surface area contributed by atoms with E-state index in [1.165, 1.54) is 0 Å². The Morgan fingerprint density at radius 1 is 1.35 bits per heavy atom. The molecule has 23 heavy (non-hydrogen) atoms. The van der Waals surface area contributed by atoms with E-state index < -0.39 is 16.8 Å². The Kier molecular flexibility index (Phi) is 4.81. The summed E-state index contributed by atoms with van der Waals surface area (Å²) >= 11 is 0. The van der Waals surface area contributed by atoms with Crippen molar-refractivity contribution in [2.24, 2.45) is 5.41 Å². The number of hydrogen-bond acceptors (Lipinski definition) is 4. The molecular weight excluding hydrogens is 292 g/mol. The quantitative estimate of drug-likeness (QED) is 0.576. The average molecular weight is 320 g/mol. The van der Waals surface area contributed by atoms with Gasteiger partial charge in [0, 0.05) is 11.8 Å². The van der Waals surface area contributed by atoms with Crippen molar-refractivity contribution < 1.29 is 19.7 Å². The number of allylic oxidation sites excluding steroid dienone is 1. The molecule has 0 unspecified atom stereocenters. The molecule has 128 valence electrons. The van der Waals surface area contributed by atoms with Crippen molar-refractivity contribution in [3.05, 3.63) is 23.3 Å². The lowest BCUT2D eigenvalue weighted by atomic mass is 9.63. The van der Waals surface area contributed by atoms with Crippen LogP contribution in [0.15, 0.2) is 23.3 Å². The van der Waals surface area contributed by atoms with Gasteiger partial charge in [-0.05, 0) is 51.0 Å². The lowest BCUT2D eigenvalue weighted by Gasteiger charge is -2.48. The molecule has 1 saturated heterocycles. The number of aliphatic hydroxyl groups is 2. The monoisotopic (exact) mass is 320 g/mol. The van der Waals surface area contributed by atoms with Crippen LogP contribution in [0.25, 0.3) is 0 Å².